The van der Waals surface area contributed by atoms with Gasteiger partial charge in [0, 0.05) is 64.9 Å². The van der Waals surface area contributed by atoms with Crippen molar-refractivity contribution in [2.45, 2.75) is 65.2 Å². The molecule has 1 aliphatic heterocycles. The number of rotatable bonds is 10. The third-order valence-corrected chi connectivity index (χ3v) is 6.04. The number of carbonyl (C=O) groups excluding carboxylic acids is 1. The molecular formula is C25H45IN6O. The van der Waals surface area contributed by atoms with E-state index >= 15 is 0 Å². The molecule has 0 spiro atoms. The van der Waals surface area contributed by atoms with Crippen molar-refractivity contribution in [1.29, 1.82) is 0 Å². The molecule has 1 heterocycles. The van der Waals surface area contributed by atoms with E-state index in [9.17, 15) is 4.79 Å². The van der Waals surface area contributed by atoms with Crippen molar-refractivity contribution in [3.05, 3.63) is 35.9 Å². The number of benzene rings is 1. The third kappa shape index (κ3) is 11.1. The number of likely N-dealkylation sites (N-methyl/N-ethyl adjacent to an activating group) is 1. The Balaban J connectivity index is 0.00000544. The molecule has 1 aliphatic rings. The van der Waals surface area contributed by atoms with Gasteiger partial charge >= 0.3 is 0 Å². The molecule has 0 radical (unpaired) electrons. The summed E-state index contributed by atoms with van der Waals surface area (Å²) in [7, 11) is 3.54. The standard InChI is InChI=1S/C25H44N6O.HI/c1-20(2)31(21(3)4)17-14-26-25(27-18-24(32)29(5)6)28-23-12-15-30(16-13-23)19-22-10-8-7-9-11-22;/h7-11,20-21,23H,12-19H2,1-6H3,(H2,26,27,28);1H. The lowest BCUT2D eigenvalue weighted by Gasteiger charge is -2.34. The first-order valence-electron chi connectivity index (χ1n) is 12.0. The Kier molecular flexibility index (Phi) is 13.9. The van der Waals surface area contributed by atoms with Crippen molar-refractivity contribution in [3.8, 4) is 0 Å². The van der Waals surface area contributed by atoms with Gasteiger partial charge in [0.15, 0.2) is 5.96 Å². The van der Waals surface area contributed by atoms with Gasteiger partial charge in [-0.15, -0.1) is 24.0 Å². The van der Waals surface area contributed by atoms with Crippen LogP contribution in [0.3, 0.4) is 0 Å². The molecule has 188 valence electrons. The Bertz CT molecular complexity index is 694. The van der Waals surface area contributed by atoms with Crippen LogP contribution < -0.4 is 10.6 Å². The summed E-state index contributed by atoms with van der Waals surface area (Å²) in [5.41, 5.74) is 1.37. The number of hydrogen-bond donors (Lipinski definition) is 2. The fourth-order valence-corrected chi connectivity index (χ4v) is 4.13. The van der Waals surface area contributed by atoms with E-state index < -0.39 is 0 Å². The molecule has 0 aromatic heterocycles. The highest BCUT2D eigenvalue weighted by molar-refractivity contribution is 14.0. The highest BCUT2D eigenvalue weighted by atomic mass is 127. The van der Waals surface area contributed by atoms with Crippen molar-refractivity contribution >= 4 is 35.8 Å². The molecule has 7 nitrogen and oxygen atoms in total. The summed E-state index contributed by atoms with van der Waals surface area (Å²) in [6.07, 6.45) is 2.14. The number of hydrogen-bond acceptors (Lipinski definition) is 4. The minimum absolute atomic E-state index is 0. The van der Waals surface area contributed by atoms with Crippen LogP contribution in [0.2, 0.25) is 0 Å². The van der Waals surface area contributed by atoms with Gasteiger partial charge in [0.2, 0.25) is 5.91 Å². The monoisotopic (exact) mass is 572 g/mol. The van der Waals surface area contributed by atoms with E-state index in [1.807, 2.05) is 0 Å². The lowest BCUT2D eigenvalue weighted by molar-refractivity contribution is -0.127. The Morgan fingerprint density at radius 3 is 2.24 bits per heavy atom. The van der Waals surface area contributed by atoms with Gasteiger partial charge in [-0.2, -0.15) is 0 Å². The average Bonchev–Trinajstić information content (AvgIpc) is 2.75. The molecule has 1 amide bonds. The Labute approximate surface area is 218 Å². The maximum Gasteiger partial charge on any atom is 0.243 e. The molecule has 0 saturated carbocycles. The van der Waals surface area contributed by atoms with E-state index in [4.69, 9.17) is 0 Å². The maximum absolute atomic E-state index is 12.1. The van der Waals surface area contributed by atoms with Crippen LogP contribution in [0.25, 0.3) is 0 Å². The smallest absolute Gasteiger partial charge is 0.243 e. The number of piperidine rings is 1. The van der Waals surface area contributed by atoms with Gasteiger partial charge in [-0.05, 0) is 46.1 Å². The zero-order chi connectivity index (χ0) is 23.5. The molecule has 0 aliphatic carbocycles. The summed E-state index contributed by atoms with van der Waals surface area (Å²) in [5.74, 6) is 0.754. The van der Waals surface area contributed by atoms with Gasteiger partial charge in [0.1, 0.15) is 6.54 Å². The lowest BCUT2D eigenvalue weighted by atomic mass is 10.0. The first kappa shape index (κ1) is 29.6. The molecular weight excluding hydrogens is 527 g/mol. The fourth-order valence-electron chi connectivity index (χ4n) is 4.13. The van der Waals surface area contributed by atoms with Gasteiger partial charge in [-0.1, -0.05) is 30.3 Å². The minimum atomic E-state index is 0. The maximum atomic E-state index is 12.1. The largest absolute Gasteiger partial charge is 0.355 e. The summed E-state index contributed by atoms with van der Waals surface area (Å²) in [6.45, 7) is 13.9. The first-order valence-corrected chi connectivity index (χ1v) is 12.0. The highest BCUT2D eigenvalue weighted by Gasteiger charge is 2.21. The van der Waals surface area contributed by atoms with Crippen molar-refractivity contribution in [3.63, 3.8) is 0 Å². The third-order valence-electron chi connectivity index (χ3n) is 6.04. The van der Waals surface area contributed by atoms with Gasteiger partial charge in [-0.25, -0.2) is 4.99 Å². The van der Waals surface area contributed by atoms with Gasteiger partial charge in [-0.3, -0.25) is 14.6 Å². The number of aliphatic imine (C=N–C) groups is 1. The molecule has 1 aromatic carbocycles. The quantitative estimate of drug-likeness (QED) is 0.257. The lowest BCUT2D eigenvalue weighted by Crippen LogP contribution is -2.50. The second kappa shape index (κ2) is 15.5. The molecule has 1 saturated heterocycles. The zero-order valence-corrected chi connectivity index (χ0v) is 23.7. The van der Waals surface area contributed by atoms with Crippen LogP contribution in [0, 0.1) is 0 Å². The van der Waals surface area contributed by atoms with Crippen molar-refractivity contribution in [2.24, 2.45) is 4.99 Å². The zero-order valence-electron chi connectivity index (χ0n) is 21.4. The molecule has 1 aromatic rings. The molecule has 33 heavy (non-hydrogen) atoms. The number of halogens is 1. The normalized spacial score (nSPS) is 15.6. The predicted octanol–water partition coefficient (Wildman–Crippen LogP) is 3.01. The van der Waals surface area contributed by atoms with Crippen LogP contribution in [0.1, 0.15) is 46.1 Å². The molecule has 1 fully saturated rings. The van der Waals surface area contributed by atoms with Gasteiger partial charge in [0.25, 0.3) is 0 Å². The first-order chi connectivity index (χ1) is 15.3. The Morgan fingerprint density at radius 1 is 1.09 bits per heavy atom. The van der Waals surface area contributed by atoms with Gasteiger partial charge < -0.3 is 15.5 Å². The minimum Gasteiger partial charge on any atom is -0.355 e. The summed E-state index contributed by atoms with van der Waals surface area (Å²) in [6, 6.07) is 12.0. The molecule has 8 heteroatoms. The van der Waals surface area contributed by atoms with Crippen molar-refractivity contribution in [1.82, 2.24) is 25.3 Å². The molecule has 2 rings (SSSR count). The van der Waals surface area contributed by atoms with E-state index in [0.717, 1.165) is 51.5 Å². The number of carbonyl (C=O) groups is 1. The number of amides is 1. The van der Waals surface area contributed by atoms with E-state index in [2.05, 4.69) is 83.5 Å². The number of guanidine groups is 1. The van der Waals surface area contributed by atoms with Crippen LogP contribution >= 0.6 is 24.0 Å². The van der Waals surface area contributed by atoms with Crippen molar-refractivity contribution in [2.75, 3.05) is 46.8 Å². The number of likely N-dealkylation sites (tertiary alicyclic amines) is 1. The SMILES string of the molecule is CC(C)N(CCNC(=NCC(=O)N(C)C)NC1CCN(Cc2ccccc2)CC1)C(C)C.I. The topological polar surface area (TPSA) is 63.2 Å². The summed E-state index contributed by atoms with van der Waals surface area (Å²) >= 11 is 0. The molecule has 0 unspecified atom stereocenters. The number of nitrogens with one attached hydrogen (secondary N) is 2. The van der Waals surface area contributed by atoms with E-state index in [0.29, 0.717) is 18.1 Å². The Hall–Kier alpha value is -1.39. The van der Waals surface area contributed by atoms with Crippen LogP contribution in [-0.4, -0.2) is 91.5 Å². The summed E-state index contributed by atoms with van der Waals surface area (Å²) in [4.78, 5) is 23.2. The summed E-state index contributed by atoms with van der Waals surface area (Å²) in [5, 5.41) is 7.06. The van der Waals surface area contributed by atoms with Gasteiger partial charge in [0.05, 0.1) is 0 Å². The van der Waals surface area contributed by atoms with Crippen molar-refractivity contribution < 1.29 is 4.79 Å². The van der Waals surface area contributed by atoms with Crippen LogP contribution in [-0.2, 0) is 11.3 Å². The van der Waals surface area contributed by atoms with Crippen LogP contribution in [0.15, 0.2) is 35.3 Å². The Morgan fingerprint density at radius 2 is 1.70 bits per heavy atom. The summed E-state index contributed by atoms with van der Waals surface area (Å²) < 4.78 is 0. The van der Waals surface area contributed by atoms with Crippen LogP contribution in [0.5, 0.6) is 0 Å². The van der Waals surface area contributed by atoms with Crippen LogP contribution in [0.4, 0.5) is 0 Å². The van der Waals surface area contributed by atoms with E-state index in [-0.39, 0.29) is 36.4 Å². The van der Waals surface area contributed by atoms with E-state index in [1.54, 1.807) is 19.0 Å². The average molecular weight is 573 g/mol. The fraction of sp³-hybridized carbons (Fsp3) is 0.680. The molecule has 0 bridgehead atoms. The second-order valence-corrected chi connectivity index (χ2v) is 9.49. The number of nitrogens with zero attached hydrogens (tertiary/aromatic N) is 4. The molecule has 0 atom stereocenters. The predicted molar refractivity (Wildman–Crippen MR) is 149 cm³/mol. The van der Waals surface area contributed by atoms with E-state index in [1.165, 1.54) is 5.56 Å². The molecule has 2 N–H and O–H groups in total. The second-order valence-electron chi connectivity index (χ2n) is 9.49. The highest BCUT2D eigenvalue weighted by Crippen LogP contribution is 2.14.